The standard InChI is InChI=1S/C25H31FN4O3/c1-33-23-8-6-22(7-9-23)29-14-16-30(17-15-29)25(32)19-10-12-28(13-11-19)18-24(31)27-21-4-2-20(26)3-5-21/h2-9,19H,10-18H2,1H3,(H,27,31). The molecule has 0 aromatic heterocycles. The van der Waals surface area contributed by atoms with Gasteiger partial charge in [-0.05, 0) is 74.5 Å². The summed E-state index contributed by atoms with van der Waals surface area (Å²) in [5.41, 5.74) is 1.73. The van der Waals surface area contributed by atoms with E-state index in [4.69, 9.17) is 4.74 Å². The first kappa shape index (κ1) is 23.0. The molecule has 0 unspecified atom stereocenters. The maximum absolute atomic E-state index is 13.0. The highest BCUT2D eigenvalue weighted by atomic mass is 19.1. The highest BCUT2D eigenvalue weighted by Crippen LogP contribution is 2.23. The van der Waals surface area contributed by atoms with Crippen molar-refractivity contribution in [2.24, 2.45) is 5.92 Å². The Hall–Kier alpha value is -3.13. The van der Waals surface area contributed by atoms with Crippen molar-refractivity contribution in [2.75, 3.05) is 63.1 Å². The van der Waals surface area contributed by atoms with Gasteiger partial charge in [0.25, 0.3) is 0 Å². The number of carbonyl (C=O) groups is 2. The van der Waals surface area contributed by atoms with E-state index in [1.54, 1.807) is 19.2 Å². The van der Waals surface area contributed by atoms with Gasteiger partial charge in [-0.15, -0.1) is 0 Å². The van der Waals surface area contributed by atoms with Crippen molar-refractivity contribution in [3.05, 3.63) is 54.3 Å². The molecule has 2 amide bonds. The molecule has 0 spiro atoms. The topological polar surface area (TPSA) is 65.1 Å². The van der Waals surface area contributed by atoms with E-state index >= 15 is 0 Å². The maximum atomic E-state index is 13.0. The van der Waals surface area contributed by atoms with E-state index in [-0.39, 0.29) is 30.1 Å². The minimum atomic E-state index is -0.332. The second-order valence-electron chi connectivity index (χ2n) is 8.62. The van der Waals surface area contributed by atoms with Gasteiger partial charge < -0.3 is 19.9 Å². The van der Waals surface area contributed by atoms with Crippen molar-refractivity contribution in [1.82, 2.24) is 9.80 Å². The van der Waals surface area contributed by atoms with Crippen LogP contribution in [0.1, 0.15) is 12.8 Å². The molecule has 7 nitrogen and oxygen atoms in total. The molecule has 0 atom stereocenters. The lowest BCUT2D eigenvalue weighted by Crippen LogP contribution is -2.52. The van der Waals surface area contributed by atoms with Gasteiger partial charge in [0.2, 0.25) is 11.8 Å². The highest BCUT2D eigenvalue weighted by molar-refractivity contribution is 5.92. The number of nitrogens with one attached hydrogen (secondary N) is 1. The van der Waals surface area contributed by atoms with Crippen LogP contribution in [0.15, 0.2) is 48.5 Å². The molecular formula is C25H31FN4O3. The summed E-state index contributed by atoms with van der Waals surface area (Å²) in [6, 6.07) is 13.8. The number of amides is 2. The van der Waals surface area contributed by atoms with Gasteiger partial charge in [-0.2, -0.15) is 0 Å². The monoisotopic (exact) mass is 454 g/mol. The zero-order valence-electron chi connectivity index (χ0n) is 19.0. The average molecular weight is 455 g/mol. The fourth-order valence-corrected chi connectivity index (χ4v) is 4.51. The van der Waals surface area contributed by atoms with Crippen LogP contribution < -0.4 is 15.0 Å². The Kier molecular flexibility index (Phi) is 7.44. The SMILES string of the molecule is COc1ccc(N2CCN(C(=O)C3CCN(CC(=O)Nc4ccc(F)cc4)CC3)CC2)cc1. The summed E-state index contributed by atoms with van der Waals surface area (Å²) in [4.78, 5) is 31.7. The number of anilines is 2. The smallest absolute Gasteiger partial charge is 0.238 e. The van der Waals surface area contributed by atoms with E-state index in [0.29, 0.717) is 5.69 Å². The van der Waals surface area contributed by atoms with Gasteiger partial charge in [-0.1, -0.05) is 0 Å². The number of halogens is 1. The van der Waals surface area contributed by atoms with Gasteiger partial charge in [-0.3, -0.25) is 14.5 Å². The third-order valence-electron chi connectivity index (χ3n) is 6.46. The van der Waals surface area contributed by atoms with Crippen LogP contribution in [0.2, 0.25) is 0 Å². The van der Waals surface area contributed by atoms with Crippen molar-refractivity contribution < 1.29 is 18.7 Å². The summed E-state index contributed by atoms with van der Waals surface area (Å²) < 4.78 is 18.2. The summed E-state index contributed by atoms with van der Waals surface area (Å²) in [6.07, 6.45) is 1.53. The van der Waals surface area contributed by atoms with Crippen molar-refractivity contribution in [1.29, 1.82) is 0 Å². The fourth-order valence-electron chi connectivity index (χ4n) is 4.51. The number of rotatable bonds is 6. The first-order valence-corrected chi connectivity index (χ1v) is 11.5. The predicted octanol–water partition coefficient (Wildman–Crippen LogP) is 2.83. The summed E-state index contributed by atoms with van der Waals surface area (Å²) >= 11 is 0. The Morgan fingerprint density at radius 3 is 2.18 bits per heavy atom. The van der Waals surface area contributed by atoms with Crippen molar-refractivity contribution in [3.8, 4) is 5.75 Å². The van der Waals surface area contributed by atoms with E-state index < -0.39 is 0 Å². The van der Waals surface area contributed by atoms with Crippen LogP contribution in [0.4, 0.5) is 15.8 Å². The quantitative estimate of drug-likeness (QED) is 0.727. The Morgan fingerprint density at radius 2 is 1.58 bits per heavy atom. The zero-order valence-corrected chi connectivity index (χ0v) is 19.0. The number of ether oxygens (including phenoxy) is 1. The summed E-state index contributed by atoms with van der Waals surface area (Å²) in [5.74, 6) is 0.642. The maximum Gasteiger partial charge on any atom is 0.238 e. The van der Waals surface area contributed by atoms with Crippen LogP contribution in [-0.2, 0) is 9.59 Å². The lowest BCUT2D eigenvalue weighted by atomic mass is 9.95. The van der Waals surface area contributed by atoms with Gasteiger partial charge in [-0.25, -0.2) is 4.39 Å². The number of hydrogen-bond donors (Lipinski definition) is 1. The number of hydrogen-bond acceptors (Lipinski definition) is 5. The fraction of sp³-hybridized carbons (Fsp3) is 0.440. The molecule has 0 bridgehead atoms. The second kappa shape index (κ2) is 10.7. The molecule has 33 heavy (non-hydrogen) atoms. The van der Waals surface area contributed by atoms with Gasteiger partial charge in [0, 0.05) is 43.5 Å². The molecule has 2 aromatic carbocycles. The Bertz CT molecular complexity index is 935. The molecule has 2 heterocycles. The predicted molar refractivity (Wildman–Crippen MR) is 126 cm³/mol. The number of piperazine rings is 1. The molecule has 0 radical (unpaired) electrons. The van der Waals surface area contributed by atoms with Gasteiger partial charge in [0.05, 0.1) is 13.7 Å². The largest absolute Gasteiger partial charge is 0.497 e. The third kappa shape index (κ3) is 6.01. The van der Waals surface area contributed by atoms with Crippen molar-refractivity contribution in [2.45, 2.75) is 12.8 Å². The molecule has 2 aliphatic rings. The van der Waals surface area contributed by atoms with Gasteiger partial charge in [0.1, 0.15) is 11.6 Å². The first-order valence-electron chi connectivity index (χ1n) is 11.5. The molecule has 0 saturated carbocycles. The van der Waals surface area contributed by atoms with Crippen molar-refractivity contribution >= 4 is 23.2 Å². The molecular weight excluding hydrogens is 423 g/mol. The number of carbonyl (C=O) groups excluding carboxylic acids is 2. The van der Waals surface area contributed by atoms with Crippen LogP contribution in [0.5, 0.6) is 5.75 Å². The number of likely N-dealkylation sites (tertiary alicyclic amines) is 1. The molecule has 2 saturated heterocycles. The van der Waals surface area contributed by atoms with Crippen LogP contribution in [-0.4, -0.2) is 74.5 Å². The summed E-state index contributed by atoms with van der Waals surface area (Å²) in [7, 11) is 1.66. The summed E-state index contributed by atoms with van der Waals surface area (Å²) in [5, 5.41) is 2.79. The van der Waals surface area contributed by atoms with Crippen LogP contribution >= 0.6 is 0 Å². The molecule has 2 aliphatic heterocycles. The van der Waals surface area contributed by atoms with Crippen LogP contribution in [0.25, 0.3) is 0 Å². The number of piperidine rings is 1. The number of benzene rings is 2. The zero-order chi connectivity index (χ0) is 23.2. The van der Waals surface area contributed by atoms with E-state index in [9.17, 15) is 14.0 Å². The minimum Gasteiger partial charge on any atom is -0.497 e. The van der Waals surface area contributed by atoms with E-state index in [1.165, 1.54) is 12.1 Å². The minimum absolute atomic E-state index is 0.0222. The number of nitrogens with zero attached hydrogens (tertiary/aromatic N) is 3. The number of methoxy groups -OCH3 is 1. The second-order valence-corrected chi connectivity index (χ2v) is 8.62. The lowest BCUT2D eigenvalue weighted by molar-refractivity contribution is -0.137. The third-order valence-corrected chi connectivity index (χ3v) is 6.46. The molecule has 2 aromatic rings. The van der Waals surface area contributed by atoms with Gasteiger partial charge >= 0.3 is 0 Å². The molecule has 4 rings (SSSR count). The molecule has 2 fully saturated rings. The molecule has 8 heteroatoms. The van der Waals surface area contributed by atoms with Crippen LogP contribution in [0, 0.1) is 11.7 Å². The average Bonchev–Trinajstić information content (AvgIpc) is 2.85. The lowest BCUT2D eigenvalue weighted by Gasteiger charge is -2.39. The Morgan fingerprint density at radius 1 is 0.939 bits per heavy atom. The normalized spacial score (nSPS) is 17.6. The van der Waals surface area contributed by atoms with E-state index in [2.05, 4.69) is 27.2 Å². The molecule has 176 valence electrons. The van der Waals surface area contributed by atoms with E-state index in [0.717, 1.165) is 63.5 Å². The Balaban J connectivity index is 1.19. The first-order chi connectivity index (χ1) is 16.0. The summed E-state index contributed by atoms with van der Waals surface area (Å²) in [6.45, 7) is 4.81. The van der Waals surface area contributed by atoms with Crippen LogP contribution in [0.3, 0.4) is 0 Å². The highest BCUT2D eigenvalue weighted by Gasteiger charge is 2.31. The molecule has 1 N–H and O–H groups in total. The molecule has 0 aliphatic carbocycles. The van der Waals surface area contributed by atoms with Crippen molar-refractivity contribution in [3.63, 3.8) is 0 Å². The van der Waals surface area contributed by atoms with Gasteiger partial charge in [0.15, 0.2) is 0 Å². The Labute approximate surface area is 194 Å². The van der Waals surface area contributed by atoms with E-state index in [1.807, 2.05) is 17.0 Å².